The molecule has 0 bridgehead atoms. The number of nitrogens with zero attached hydrogens (tertiary/aromatic N) is 1. The fourth-order valence-corrected chi connectivity index (χ4v) is 4.19. The highest BCUT2D eigenvalue weighted by Gasteiger charge is 2.29. The number of carbonyl (C=O) groups excluding carboxylic acids is 1. The summed E-state index contributed by atoms with van der Waals surface area (Å²) in [5, 5.41) is 2.80. The number of anilines is 1. The molecule has 0 spiro atoms. The highest BCUT2D eigenvalue weighted by Crippen LogP contribution is 2.32. The molecule has 0 fully saturated rings. The van der Waals surface area contributed by atoms with Gasteiger partial charge in [0.25, 0.3) is 10.0 Å². The number of nitrogens with one attached hydrogen (secondary N) is 1. The second kappa shape index (κ2) is 10.1. The van der Waals surface area contributed by atoms with E-state index in [1.165, 1.54) is 7.11 Å². The van der Waals surface area contributed by atoms with Crippen LogP contribution in [0.25, 0.3) is 0 Å². The van der Waals surface area contributed by atoms with Crippen LogP contribution in [0.1, 0.15) is 31.7 Å². The van der Waals surface area contributed by atoms with Gasteiger partial charge in [-0.2, -0.15) is 0 Å². The molecule has 6 nitrogen and oxygen atoms in total. The molecule has 0 aromatic heterocycles. The molecule has 2 aromatic carbocycles. The van der Waals surface area contributed by atoms with Crippen molar-refractivity contribution in [3.05, 3.63) is 54.1 Å². The fourth-order valence-electron chi connectivity index (χ4n) is 2.76. The maximum absolute atomic E-state index is 13.3. The third-order valence-electron chi connectivity index (χ3n) is 4.35. The van der Waals surface area contributed by atoms with Crippen molar-refractivity contribution in [3.63, 3.8) is 0 Å². The van der Waals surface area contributed by atoms with Gasteiger partial charge in [0.1, 0.15) is 12.3 Å². The lowest BCUT2D eigenvalue weighted by molar-refractivity contribution is -0.119. The first kappa shape index (κ1) is 21.8. The van der Waals surface area contributed by atoms with Crippen LogP contribution in [0, 0.1) is 6.92 Å². The molecule has 7 heteroatoms. The zero-order chi connectivity index (χ0) is 20.6. The standard InChI is InChI=1S/C21H28N2O4S/c1-4-5-8-15-22-21(24)16-23(19-9-6-7-10-20(19)27-3)28(25,26)18-13-11-17(2)12-14-18/h6-7,9-14H,4-5,8,15-16H2,1-3H3,(H,22,24). The van der Waals surface area contributed by atoms with E-state index in [0.29, 0.717) is 18.0 Å². The first-order valence-corrected chi connectivity index (χ1v) is 10.8. The molecule has 0 aliphatic heterocycles. The van der Waals surface area contributed by atoms with Crippen molar-refractivity contribution >= 4 is 21.6 Å². The lowest BCUT2D eigenvalue weighted by Crippen LogP contribution is -2.41. The van der Waals surface area contributed by atoms with Crippen LogP contribution in [0.4, 0.5) is 5.69 Å². The van der Waals surface area contributed by atoms with Crippen LogP contribution < -0.4 is 14.4 Å². The van der Waals surface area contributed by atoms with E-state index in [0.717, 1.165) is 29.1 Å². The zero-order valence-electron chi connectivity index (χ0n) is 16.6. The number of unbranched alkanes of at least 4 members (excludes halogenated alkanes) is 2. The molecule has 0 atom stereocenters. The molecule has 2 rings (SSSR count). The number of benzene rings is 2. The Bertz CT molecular complexity index is 880. The number of aryl methyl sites for hydroxylation is 1. The zero-order valence-corrected chi connectivity index (χ0v) is 17.5. The number of hydrogen-bond donors (Lipinski definition) is 1. The summed E-state index contributed by atoms with van der Waals surface area (Å²) in [5.74, 6) is 0.0367. The second-order valence-corrected chi connectivity index (χ2v) is 8.42. The van der Waals surface area contributed by atoms with Crippen LogP contribution in [0.5, 0.6) is 5.75 Å². The molecule has 28 heavy (non-hydrogen) atoms. The number of amides is 1. The molecule has 2 aromatic rings. The molecule has 0 aliphatic carbocycles. The van der Waals surface area contributed by atoms with Crippen LogP contribution >= 0.6 is 0 Å². The topological polar surface area (TPSA) is 75.7 Å². The lowest BCUT2D eigenvalue weighted by atomic mass is 10.2. The van der Waals surface area contributed by atoms with Crippen molar-refractivity contribution in [3.8, 4) is 5.75 Å². The molecule has 0 unspecified atom stereocenters. The van der Waals surface area contributed by atoms with Crippen LogP contribution in [0.15, 0.2) is 53.4 Å². The molecule has 1 N–H and O–H groups in total. The van der Waals surface area contributed by atoms with Crippen molar-refractivity contribution in [2.24, 2.45) is 0 Å². The number of para-hydroxylation sites is 2. The minimum absolute atomic E-state index is 0.128. The highest BCUT2D eigenvalue weighted by atomic mass is 32.2. The average Bonchev–Trinajstić information content (AvgIpc) is 2.69. The van der Waals surface area contributed by atoms with E-state index in [1.807, 2.05) is 6.92 Å². The molecule has 0 radical (unpaired) electrons. The summed E-state index contributed by atoms with van der Waals surface area (Å²) in [5.41, 5.74) is 1.28. The minimum atomic E-state index is -3.94. The van der Waals surface area contributed by atoms with E-state index in [9.17, 15) is 13.2 Å². The molecule has 0 aliphatic rings. The van der Waals surface area contributed by atoms with Gasteiger partial charge < -0.3 is 10.1 Å². The number of rotatable bonds is 10. The third kappa shape index (κ3) is 5.48. The molecule has 1 amide bonds. The van der Waals surface area contributed by atoms with Crippen LogP contribution in [-0.4, -0.2) is 34.5 Å². The Morgan fingerprint density at radius 2 is 1.75 bits per heavy atom. The maximum atomic E-state index is 13.3. The Morgan fingerprint density at radius 3 is 2.39 bits per heavy atom. The van der Waals surface area contributed by atoms with Gasteiger partial charge >= 0.3 is 0 Å². The summed E-state index contributed by atoms with van der Waals surface area (Å²) in [6.45, 7) is 4.18. The van der Waals surface area contributed by atoms with E-state index >= 15 is 0 Å². The molecular weight excluding hydrogens is 376 g/mol. The summed E-state index contributed by atoms with van der Waals surface area (Å²) in [6.07, 6.45) is 2.92. The summed E-state index contributed by atoms with van der Waals surface area (Å²) >= 11 is 0. The first-order chi connectivity index (χ1) is 13.4. The number of hydrogen-bond acceptors (Lipinski definition) is 4. The van der Waals surface area contributed by atoms with Crippen molar-refractivity contribution in [2.75, 3.05) is 24.5 Å². The van der Waals surface area contributed by atoms with Crippen molar-refractivity contribution < 1.29 is 17.9 Å². The van der Waals surface area contributed by atoms with Gasteiger partial charge in [0.15, 0.2) is 0 Å². The van der Waals surface area contributed by atoms with Crippen LogP contribution in [0.2, 0.25) is 0 Å². The molecular formula is C21H28N2O4S. The Morgan fingerprint density at radius 1 is 1.07 bits per heavy atom. The Labute approximate surface area is 167 Å². The van der Waals surface area contributed by atoms with E-state index in [1.54, 1.807) is 48.5 Å². The van der Waals surface area contributed by atoms with Gasteiger partial charge in [0.05, 0.1) is 17.7 Å². The smallest absolute Gasteiger partial charge is 0.264 e. The summed E-state index contributed by atoms with van der Waals surface area (Å²) in [7, 11) is -2.47. The van der Waals surface area contributed by atoms with Gasteiger partial charge in [-0.15, -0.1) is 0 Å². The molecule has 0 heterocycles. The van der Waals surface area contributed by atoms with E-state index in [-0.39, 0.29) is 17.3 Å². The summed E-state index contributed by atoms with van der Waals surface area (Å²) in [4.78, 5) is 12.6. The predicted octanol–water partition coefficient (Wildman–Crippen LogP) is 3.51. The van der Waals surface area contributed by atoms with Crippen LogP contribution in [0.3, 0.4) is 0 Å². The number of sulfonamides is 1. The number of methoxy groups -OCH3 is 1. The Hall–Kier alpha value is -2.54. The second-order valence-electron chi connectivity index (χ2n) is 6.55. The first-order valence-electron chi connectivity index (χ1n) is 9.39. The normalized spacial score (nSPS) is 11.1. The number of carbonyl (C=O) groups is 1. The molecule has 0 saturated heterocycles. The SMILES string of the molecule is CCCCCNC(=O)CN(c1ccccc1OC)S(=O)(=O)c1ccc(C)cc1. The fraction of sp³-hybridized carbons (Fsp3) is 0.381. The Balaban J connectivity index is 2.36. The minimum Gasteiger partial charge on any atom is -0.495 e. The largest absolute Gasteiger partial charge is 0.495 e. The van der Waals surface area contributed by atoms with Gasteiger partial charge in [-0.05, 0) is 37.6 Å². The van der Waals surface area contributed by atoms with Crippen molar-refractivity contribution in [1.29, 1.82) is 0 Å². The maximum Gasteiger partial charge on any atom is 0.264 e. The van der Waals surface area contributed by atoms with Gasteiger partial charge in [-0.1, -0.05) is 49.6 Å². The van der Waals surface area contributed by atoms with Gasteiger partial charge in [0.2, 0.25) is 5.91 Å². The molecule has 152 valence electrons. The van der Waals surface area contributed by atoms with Gasteiger partial charge in [-0.3, -0.25) is 9.10 Å². The van der Waals surface area contributed by atoms with Gasteiger partial charge in [-0.25, -0.2) is 8.42 Å². The van der Waals surface area contributed by atoms with Crippen molar-refractivity contribution in [1.82, 2.24) is 5.32 Å². The quantitative estimate of drug-likeness (QED) is 0.615. The van der Waals surface area contributed by atoms with Crippen LogP contribution in [-0.2, 0) is 14.8 Å². The summed E-state index contributed by atoms with van der Waals surface area (Å²) < 4.78 is 33.1. The Kier molecular flexibility index (Phi) is 7.87. The lowest BCUT2D eigenvalue weighted by Gasteiger charge is -2.25. The highest BCUT2D eigenvalue weighted by molar-refractivity contribution is 7.92. The predicted molar refractivity (Wildman–Crippen MR) is 111 cm³/mol. The van der Waals surface area contributed by atoms with E-state index in [2.05, 4.69) is 12.2 Å². The van der Waals surface area contributed by atoms with E-state index in [4.69, 9.17) is 4.74 Å². The average molecular weight is 405 g/mol. The number of ether oxygens (including phenoxy) is 1. The third-order valence-corrected chi connectivity index (χ3v) is 6.13. The van der Waals surface area contributed by atoms with E-state index < -0.39 is 10.0 Å². The van der Waals surface area contributed by atoms with Gasteiger partial charge in [0, 0.05) is 6.54 Å². The van der Waals surface area contributed by atoms with Crippen molar-refractivity contribution in [2.45, 2.75) is 38.0 Å². The summed E-state index contributed by atoms with van der Waals surface area (Å²) in [6, 6.07) is 13.3. The molecule has 0 saturated carbocycles. The monoisotopic (exact) mass is 404 g/mol.